The highest BCUT2D eigenvalue weighted by Gasteiger charge is 2.47. The summed E-state index contributed by atoms with van der Waals surface area (Å²) in [6.07, 6.45) is 3.69. The number of amides is 2. The zero-order chi connectivity index (χ0) is 25.4. The van der Waals surface area contributed by atoms with E-state index in [9.17, 15) is 9.59 Å². The molecule has 0 aromatic heterocycles. The predicted octanol–water partition coefficient (Wildman–Crippen LogP) is 5.40. The van der Waals surface area contributed by atoms with E-state index >= 15 is 0 Å². The number of benzene rings is 3. The van der Waals surface area contributed by atoms with Crippen molar-refractivity contribution in [3.63, 3.8) is 0 Å². The predicted molar refractivity (Wildman–Crippen MR) is 148 cm³/mol. The summed E-state index contributed by atoms with van der Waals surface area (Å²) in [6.45, 7) is 5.24. The molecule has 2 atom stereocenters. The molecule has 190 valence electrons. The Balaban J connectivity index is 1.24. The van der Waals surface area contributed by atoms with Crippen molar-refractivity contribution in [2.24, 2.45) is 5.92 Å². The molecular formula is C32H35N3O2. The Bertz CT molecular complexity index is 1270. The number of nitrogens with zero attached hydrogens (tertiary/aromatic N) is 3. The van der Waals surface area contributed by atoms with Gasteiger partial charge in [0, 0.05) is 56.4 Å². The SMILES string of the molecule is CC(=O)N1CCc2ccc(N(C(=O)[C@H]3C[C@@H]3c3ccccc3)C3CCN(Cc4ccccc4)CC3)cc21. The number of anilines is 2. The van der Waals surface area contributed by atoms with Crippen molar-refractivity contribution >= 4 is 23.2 Å². The molecule has 3 aromatic carbocycles. The number of rotatable bonds is 6. The molecule has 1 aliphatic carbocycles. The number of piperidine rings is 1. The third-order valence-corrected chi connectivity index (χ3v) is 8.37. The van der Waals surface area contributed by atoms with Gasteiger partial charge in [0.2, 0.25) is 11.8 Å². The molecule has 2 aliphatic heterocycles. The van der Waals surface area contributed by atoms with E-state index in [2.05, 4.69) is 82.6 Å². The second kappa shape index (κ2) is 10.1. The molecular weight excluding hydrogens is 458 g/mol. The molecule has 3 aliphatic rings. The van der Waals surface area contributed by atoms with Crippen LogP contribution >= 0.6 is 0 Å². The maximum atomic E-state index is 14.1. The Hall–Kier alpha value is -3.44. The molecule has 2 heterocycles. The van der Waals surface area contributed by atoms with Gasteiger partial charge in [0.1, 0.15) is 0 Å². The van der Waals surface area contributed by atoms with Gasteiger partial charge in [-0.25, -0.2) is 0 Å². The molecule has 5 nitrogen and oxygen atoms in total. The van der Waals surface area contributed by atoms with E-state index in [1.165, 1.54) is 16.7 Å². The van der Waals surface area contributed by atoms with Crippen molar-refractivity contribution in [1.29, 1.82) is 0 Å². The first kappa shape index (κ1) is 23.9. The van der Waals surface area contributed by atoms with Gasteiger partial charge < -0.3 is 9.80 Å². The average molecular weight is 494 g/mol. The van der Waals surface area contributed by atoms with E-state index in [1.807, 2.05) is 11.0 Å². The number of fused-ring (bicyclic) bond motifs is 1. The van der Waals surface area contributed by atoms with Crippen molar-refractivity contribution in [3.8, 4) is 0 Å². The normalized spacial score (nSPS) is 21.5. The summed E-state index contributed by atoms with van der Waals surface area (Å²) in [5.41, 5.74) is 5.70. The minimum Gasteiger partial charge on any atom is -0.312 e. The molecule has 5 heteroatoms. The van der Waals surface area contributed by atoms with Crippen LogP contribution in [0.3, 0.4) is 0 Å². The summed E-state index contributed by atoms with van der Waals surface area (Å²) >= 11 is 0. The van der Waals surface area contributed by atoms with Crippen molar-refractivity contribution < 1.29 is 9.59 Å². The zero-order valence-corrected chi connectivity index (χ0v) is 21.6. The monoisotopic (exact) mass is 493 g/mol. The lowest BCUT2D eigenvalue weighted by atomic mass is 9.99. The molecule has 0 spiro atoms. The van der Waals surface area contributed by atoms with E-state index in [1.54, 1.807) is 6.92 Å². The fourth-order valence-electron chi connectivity index (χ4n) is 6.26. The smallest absolute Gasteiger partial charge is 0.230 e. The van der Waals surface area contributed by atoms with E-state index in [4.69, 9.17) is 0 Å². The van der Waals surface area contributed by atoms with Crippen molar-refractivity contribution in [1.82, 2.24) is 4.90 Å². The fraction of sp³-hybridized carbons (Fsp3) is 0.375. The van der Waals surface area contributed by atoms with Gasteiger partial charge in [-0.15, -0.1) is 0 Å². The van der Waals surface area contributed by atoms with Crippen LogP contribution < -0.4 is 9.80 Å². The maximum absolute atomic E-state index is 14.1. The van der Waals surface area contributed by atoms with Gasteiger partial charge in [-0.3, -0.25) is 14.5 Å². The first-order chi connectivity index (χ1) is 18.1. The quantitative estimate of drug-likeness (QED) is 0.462. The van der Waals surface area contributed by atoms with Crippen LogP contribution in [0.1, 0.15) is 48.8 Å². The highest BCUT2D eigenvalue weighted by Crippen LogP contribution is 2.49. The molecule has 37 heavy (non-hydrogen) atoms. The van der Waals surface area contributed by atoms with Crippen molar-refractivity contribution in [2.45, 2.75) is 51.1 Å². The van der Waals surface area contributed by atoms with Crippen LogP contribution in [0, 0.1) is 5.92 Å². The molecule has 2 amide bonds. The fourth-order valence-corrected chi connectivity index (χ4v) is 6.26. The Morgan fingerprint density at radius 1 is 0.892 bits per heavy atom. The van der Waals surface area contributed by atoms with Crippen LogP contribution in [0.2, 0.25) is 0 Å². The number of carbonyl (C=O) groups excluding carboxylic acids is 2. The van der Waals surface area contributed by atoms with Gasteiger partial charge >= 0.3 is 0 Å². The second-order valence-corrected chi connectivity index (χ2v) is 10.8. The minimum absolute atomic E-state index is 0.0295. The number of likely N-dealkylation sites (tertiary alicyclic amines) is 1. The molecule has 6 rings (SSSR count). The molecule has 1 saturated carbocycles. The average Bonchev–Trinajstić information content (AvgIpc) is 3.62. The Kier molecular flexibility index (Phi) is 6.56. The topological polar surface area (TPSA) is 43.9 Å². The summed E-state index contributed by atoms with van der Waals surface area (Å²) in [6, 6.07) is 27.6. The minimum atomic E-state index is 0.0295. The van der Waals surface area contributed by atoms with Crippen LogP contribution in [0.4, 0.5) is 11.4 Å². The van der Waals surface area contributed by atoms with E-state index in [-0.39, 0.29) is 23.8 Å². The number of hydrogen-bond donors (Lipinski definition) is 0. The maximum Gasteiger partial charge on any atom is 0.230 e. The first-order valence-electron chi connectivity index (χ1n) is 13.6. The Morgan fingerprint density at radius 2 is 1.59 bits per heavy atom. The highest BCUT2D eigenvalue weighted by atomic mass is 16.2. The van der Waals surface area contributed by atoms with Gasteiger partial charge in [0.25, 0.3) is 0 Å². The van der Waals surface area contributed by atoms with Gasteiger partial charge in [-0.2, -0.15) is 0 Å². The number of hydrogen-bond acceptors (Lipinski definition) is 3. The second-order valence-electron chi connectivity index (χ2n) is 10.8. The van der Waals surface area contributed by atoms with Crippen LogP contribution in [0.15, 0.2) is 78.9 Å². The van der Waals surface area contributed by atoms with Crippen molar-refractivity contribution in [3.05, 3.63) is 95.6 Å². The largest absolute Gasteiger partial charge is 0.312 e. The first-order valence-corrected chi connectivity index (χ1v) is 13.6. The summed E-state index contributed by atoms with van der Waals surface area (Å²) < 4.78 is 0. The molecule has 3 aromatic rings. The lowest BCUT2D eigenvalue weighted by Gasteiger charge is -2.39. The third-order valence-electron chi connectivity index (χ3n) is 8.37. The molecule has 0 bridgehead atoms. The lowest BCUT2D eigenvalue weighted by Crippen LogP contribution is -2.48. The zero-order valence-electron chi connectivity index (χ0n) is 21.6. The van der Waals surface area contributed by atoms with E-state index < -0.39 is 0 Å². The summed E-state index contributed by atoms with van der Waals surface area (Å²) in [5.74, 6) is 0.636. The summed E-state index contributed by atoms with van der Waals surface area (Å²) in [4.78, 5) is 32.8. The molecule has 0 N–H and O–H groups in total. The standard InChI is InChI=1S/C32H35N3O2/c1-23(36)34-19-14-26-12-13-28(20-31(26)34)35(32(37)30-21-29(30)25-10-6-3-7-11-25)27-15-17-33(18-16-27)22-24-8-4-2-5-9-24/h2-13,20,27,29-30H,14-19,21-22H2,1H3/t29-,30+/m1/s1. The van der Waals surface area contributed by atoms with Gasteiger partial charge in [-0.05, 0) is 60.4 Å². The van der Waals surface area contributed by atoms with E-state index in [0.717, 1.165) is 63.2 Å². The van der Waals surface area contributed by atoms with Crippen molar-refractivity contribution in [2.75, 3.05) is 29.4 Å². The molecule has 1 saturated heterocycles. The lowest BCUT2D eigenvalue weighted by molar-refractivity contribution is -0.120. The molecule has 0 unspecified atom stereocenters. The van der Waals surface area contributed by atoms with Crippen LogP contribution in [-0.4, -0.2) is 42.4 Å². The van der Waals surface area contributed by atoms with Crippen LogP contribution in [0.25, 0.3) is 0 Å². The van der Waals surface area contributed by atoms with Crippen LogP contribution in [0.5, 0.6) is 0 Å². The van der Waals surface area contributed by atoms with E-state index in [0.29, 0.717) is 5.92 Å². The third kappa shape index (κ3) is 4.93. The Morgan fingerprint density at radius 3 is 2.30 bits per heavy atom. The number of carbonyl (C=O) groups is 2. The van der Waals surface area contributed by atoms with Gasteiger partial charge in [0.05, 0.1) is 0 Å². The van der Waals surface area contributed by atoms with Gasteiger partial charge in [0.15, 0.2) is 0 Å². The van der Waals surface area contributed by atoms with Crippen LogP contribution in [-0.2, 0) is 22.6 Å². The molecule has 0 radical (unpaired) electrons. The molecule has 2 fully saturated rings. The van der Waals surface area contributed by atoms with Gasteiger partial charge in [-0.1, -0.05) is 66.7 Å². The summed E-state index contributed by atoms with van der Waals surface area (Å²) in [5, 5.41) is 0. The Labute approximate surface area is 219 Å². The highest BCUT2D eigenvalue weighted by molar-refractivity contribution is 6.00. The summed E-state index contributed by atoms with van der Waals surface area (Å²) in [7, 11) is 0.